The molecule has 0 radical (unpaired) electrons. The molecule has 0 saturated carbocycles. The molecule has 0 aliphatic rings. The lowest BCUT2D eigenvalue weighted by atomic mass is 9.86. The van der Waals surface area contributed by atoms with Gasteiger partial charge in [-0.05, 0) is 42.7 Å². The molecule has 0 spiro atoms. The summed E-state index contributed by atoms with van der Waals surface area (Å²) in [6.07, 6.45) is 0. The lowest BCUT2D eigenvalue weighted by Crippen LogP contribution is -2.43. The minimum Gasteiger partial charge on any atom is -0.354 e. The number of nitrogens with one attached hydrogen (secondary N) is 1. The fraction of sp³-hybridized carbons (Fsp3) is 0.481. The Morgan fingerprint density at radius 2 is 1.03 bits per heavy atom. The van der Waals surface area contributed by atoms with Crippen molar-refractivity contribution in [3.05, 3.63) is 70.8 Å². The van der Waals surface area contributed by atoms with Crippen LogP contribution in [0.5, 0.6) is 0 Å². The number of hydrogen-bond acceptors (Lipinski definition) is 1. The zero-order valence-corrected chi connectivity index (χ0v) is 20.5. The highest BCUT2D eigenvalue weighted by Crippen LogP contribution is 2.25. The van der Waals surface area contributed by atoms with E-state index in [9.17, 15) is 0 Å². The largest absolute Gasteiger partial charge is 0.354 e. The molecule has 0 aliphatic carbocycles. The van der Waals surface area contributed by atoms with Gasteiger partial charge in [0.2, 0.25) is 0 Å². The van der Waals surface area contributed by atoms with Gasteiger partial charge in [0.25, 0.3) is 0 Å². The molecule has 1 N–H and O–H groups in total. The smallest absolute Gasteiger partial charge is 0.154 e. The predicted molar refractivity (Wildman–Crippen MR) is 131 cm³/mol. The fourth-order valence-electron chi connectivity index (χ4n) is 3.07. The van der Waals surface area contributed by atoms with Crippen molar-refractivity contribution in [3.63, 3.8) is 0 Å². The lowest BCUT2D eigenvalue weighted by molar-refractivity contribution is 0.282. The average molecular weight is 406 g/mol. The van der Waals surface area contributed by atoms with Gasteiger partial charge in [0.1, 0.15) is 5.84 Å². The maximum atomic E-state index is 8.66. The second-order valence-electron chi connectivity index (χ2n) is 11.2. The number of nitrogens with zero attached hydrogens (tertiary/aromatic N) is 2. The van der Waals surface area contributed by atoms with Crippen molar-refractivity contribution in [2.24, 2.45) is 4.99 Å². The molecule has 2 aromatic carbocycles. The number of benzene rings is 2. The van der Waals surface area contributed by atoms with E-state index in [1.807, 2.05) is 19.2 Å². The van der Waals surface area contributed by atoms with Crippen molar-refractivity contribution in [3.8, 4) is 0 Å². The van der Waals surface area contributed by atoms with Crippen LogP contribution in [0.25, 0.3) is 0 Å². The maximum absolute atomic E-state index is 8.66. The van der Waals surface area contributed by atoms with E-state index in [1.54, 1.807) is 0 Å². The van der Waals surface area contributed by atoms with Crippen LogP contribution in [0, 0.1) is 5.41 Å². The van der Waals surface area contributed by atoms with Crippen LogP contribution >= 0.6 is 0 Å². The van der Waals surface area contributed by atoms with Gasteiger partial charge in [-0.25, -0.2) is 4.99 Å². The number of aliphatic imine (C=N–C) groups is 1. The van der Waals surface area contributed by atoms with Crippen LogP contribution in [0.2, 0.25) is 0 Å². The first-order chi connectivity index (χ1) is 13.6. The molecule has 0 fully saturated rings. The lowest BCUT2D eigenvalue weighted by Gasteiger charge is -2.35. The Bertz CT molecular complexity index is 897. The third kappa shape index (κ3) is 5.81. The van der Waals surface area contributed by atoms with Crippen LogP contribution in [0.1, 0.15) is 84.6 Å². The Kier molecular flexibility index (Phi) is 6.66. The second-order valence-corrected chi connectivity index (χ2v) is 11.2. The molecule has 0 bridgehead atoms. The number of amidine groups is 2. The second kappa shape index (κ2) is 8.37. The first kappa shape index (κ1) is 23.9. The Balaban J connectivity index is 2.47. The van der Waals surface area contributed by atoms with E-state index in [1.165, 1.54) is 11.1 Å². The molecular weight excluding hydrogens is 366 g/mol. The monoisotopic (exact) mass is 405 g/mol. The normalized spacial score (nSPS) is 13.3. The fourth-order valence-corrected chi connectivity index (χ4v) is 3.07. The number of hydrogen-bond donors (Lipinski definition) is 1. The third-order valence-electron chi connectivity index (χ3n) is 5.58. The molecule has 2 aromatic rings. The molecule has 3 nitrogen and oxygen atoms in total. The minimum atomic E-state index is -0.113. The van der Waals surface area contributed by atoms with Gasteiger partial charge in [0.15, 0.2) is 5.84 Å². The Morgan fingerprint density at radius 3 is 1.37 bits per heavy atom. The van der Waals surface area contributed by atoms with E-state index in [4.69, 9.17) is 10.4 Å². The van der Waals surface area contributed by atoms with Crippen LogP contribution < -0.4 is 0 Å². The van der Waals surface area contributed by atoms with Gasteiger partial charge in [-0.1, -0.05) is 90.1 Å². The van der Waals surface area contributed by atoms with Crippen LogP contribution in [-0.2, 0) is 10.8 Å². The van der Waals surface area contributed by atoms with E-state index in [0.29, 0.717) is 0 Å². The quantitative estimate of drug-likeness (QED) is 0.434. The molecule has 30 heavy (non-hydrogen) atoms. The summed E-state index contributed by atoms with van der Waals surface area (Å²) in [7, 11) is 2.05. The SMILES string of the molecule is CN(C(=NC(=N)c1ccc(C(C)(C)C)cc1)c1ccc(C(C)(C)C)cc1)C(C)(C)C. The summed E-state index contributed by atoms with van der Waals surface area (Å²) < 4.78 is 0. The van der Waals surface area contributed by atoms with Crippen molar-refractivity contribution in [2.45, 2.75) is 78.7 Å². The molecular formula is C27H39N3. The van der Waals surface area contributed by atoms with E-state index in [0.717, 1.165) is 17.0 Å². The molecule has 0 atom stereocenters. The summed E-state index contributed by atoms with van der Waals surface area (Å²) in [6.45, 7) is 19.7. The number of rotatable bonds is 2. The molecule has 2 rings (SSSR count). The van der Waals surface area contributed by atoms with Crippen LogP contribution in [-0.4, -0.2) is 29.2 Å². The van der Waals surface area contributed by atoms with Crippen LogP contribution in [0.4, 0.5) is 0 Å². The highest BCUT2D eigenvalue weighted by atomic mass is 15.2. The van der Waals surface area contributed by atoms with Crippen molar-refractivity contribution in [2.75, 3.05) is 7.05 Å². The van der Waals surface area contributed by atoms with Crippen molar-refractivity contribution >= 4 is 11.7 Å². The summed E-state index contributed by atoms with van der Waals surface area (Å²) in [4.78, 5) is 6.94. The van der Waals surface area contributed by atoms with Gasteiger partial charge < -0.3 is 4.90 Å². The Hall–Kier alpha value is -2.42. The van der Waals surface area contributed by atoms with E-state index in [2.05, 4.69) is 104 Å². The third-order valence-corrected chi connectivity index (χ3v) is 5.58. The summed E-state index contributed by atoms with van der Waals surface area (Å²) in [5.41, 5.74) is 4.48. The summed E-state index contributed by atoms with van der Waals surface area (Å²) in [5, 5.41) is 8.66. The molecule has 0 unspecified atom stereocenters. The van der Waals surface area contributed by atoms with Crippen LogP contribution in [0.3, 0.4) is 0 Å². The van der Waals surface area contributed by atoms with E-state index < -0.39 is 0 Å². The molecule has 0 saturated heterocycles. The topological polar surface area (TPSA) is 39.5 Å². The van der Waals surface area contributed by atoms with Crippen LogP contribution in [0.15, 0.2) is 53.5 Å². The van der Waals surface area contributed by atoms with Gasteiger partial charge in [-0.15, -0.1) is 0 Å². The molecule has 3 heteroatoms. The van der Waals surface area contributed by atoms with Gasteiger partial charge in [-0.2, -0.15) is 0 Å². The highest BCUT2D eigenvalue weighted by Gasteiger charge is 2.23. The summed E-state index contributed by atoms with van der Waals surface area (Å²) >= 11 is 0. The highest BCUT2D eigenvalue weighted by molar-refractivity contribution is 6.10. The zero-order valence-electron chi connectivity index (χ0n) is 20.5. The van der Waals surface area contributed by atoms with Gasteiger partial charge in [0, 0.05) is 23.7 Å². The molecule has 0 aromatic heterocycles. The zero-order chi connectivity index (χ0) is 22.9. The standard InChI is InChI=1S/C27H39N3/c1-25(2,3)21-15-11-19(12-16-21)23(28)29-24(30(10)27(7,8)9)20-13-17-22(18-14-20)26(4,5)6/h11-18,28H,1-10H3. The van der Waals surface area contributed by atoms with Gasteiger partial charge in [-0.3, -0.25) is 5.41 Å². The summed E-state index contributed by atoms with van der Waals surface area (Å²) in [6, 6.07) is 16.8. The molecule has 162 valence electrons. The van der Waals surface area contributed by atoms with Gasteiger partial charge in [0.05, 0.1) is 0 Å². The van der Waals surface area contributed by atoms with Crippen molar-refractivity contribution in [1.82, 2.24) is 4.90 Å². The Labute approximate surface area is 183 Å². The molecule has 0 amide bonds. The van der Waals surface area contributed by atoms with Crippen molar-refractivity contribution in [1.29, 1.82) is 5.41 Å². The average Bonchev–Trinajstić information content (AvgIpc) is 2.63. The van der Waals surface area contributed by atoms with E-state index in [-0.39, 0.29) is 22.2 Å². The first-order valence-electron chi connectivity index (χ1n) is 10.7. The predicted octanol–water partition coefficient (Wildman–Crippen LogP) is 6.78. The Morgan fingerprint density at radius 1 is 0.667 bits per heavy atom. The summed E-state index contributed by atoms with van der Waals surface area (Å²) in [5.74, 6) is 1.09. The first-order valence-corrected chi connectivity index (χ1v) is 10.7. The van der Waals surface area contributed by atoms with E-state index >= 15 is 0 Å². The van der Waals surface area contributed by atoms with Gasteiger partial charge >= 0.3 is 0 Å². The molecule has 0 heterocycles. The minimum absolute atomic E-state index is 0.0937. The van der Waals surface area contributed by atoms with Crippen molar-refractivity contribution < 1.29 is 0 Å². The maximum Gasteiger partial charge on any atom is 0.154 e. The molecule has 0 aliphatic heterocycles.